The molecule has 0 spiro atoms. The molecule has 1 rings (SSSR count). The summed E-state index contributed by atoms with van der Waals surface area (Å²) in [4.78, 5) is 12.8. The van der Waals surface area contributed by atoms with Gasteiger partial charge < -0.3 is 4.74 Å². The predicted octanol–water partition coefficient (Wildman–Crippen LogP) is 3.53. The number of rotatable bonds is 6. The molecule has 1 aromatic rings. The quantitative estimate of drug-likeness (QED) is 0.439. The van der Waals surface area contributed by atoms with Crippen LogP contribution in [0.3, 0.4) is 0 Å². The van der Waals surface area contributed by atoms with E-state index >= 15 is 0 Å². The largest absolute Gasteiger partial charge is 0.461 e. The molecule has 0 aliphatic carbocycles. The predicted molar refractivity (Wildman–Crippen MR) is 72.1 cm³/mol. The van der Waals surface area contributed by atoms with Gasteiger partial charge in [0, 0.05) is 10.1 Å². The van der Waals surface area contributed by atoms with Crippen molar-refractivity contribution in [2.45, 2.75) is 24.0 Å². The van der Waals surface area contributed by atoms with Gasteiger partial charge in [-0.2, -0.15) is 0 Å². The van der Waals surface area contributed by atoms with E-state index in [9.17, 15) is 4.79 Å². The van der Waals surface area contributed by atoms with Crippen LogP contribution in [0, 0.1) is 5.92 Å². The van der Waals surface area contributed by atoms with Crippen LogP contribution in [0.25, 0.3) is 0 Å². The summed E-state index contributed by atoms with van der Waals surface area (Å²) in [7, 11) is 0. The minimum Gasteiger partial charge on any atom is -0.461 e. The zero-order valence-corrected chi connectivity index (χ0v) is 11.1. The van der Waals surface area contributed by atoms with Crippen LogP contribution in [-0.2, 0) is 9.53 Å². The van der Waals surface area contributed by atoms with Gasteiger partial charge in [0.15, 0.2) is 0 Å². The van der Waals surface area contributed by atoms with Gasteiger partial charge in [-0.3, -0.25) is 4.79 Å². The van der Waals surface area contributed by atoms with Gasteiger partial charge in [-0.1, -0.05) is 44.7 Å². The number of carbonyl (C=O) groups excluding carboxylic acids is 1. The van der Waals surface area contributed by atoms with E-state index in [4.69, 9.17) is 4.74 Å². The molecule has 2 unspecified atom stereocenters. The zero-order valence-electron chi connectivity index (χ0n) is 10.3. The summed E-state index contributed by atoms with van der Waals surface area (Å²) in [6.07, 6.45) is 1.58. The Morgan fingerprint density at radius 3 is 2.65 bits per heavy atom. The summed E-state index contributed by atoms with van der Waals surface area (Å²) >= 11 is 1.69. The van der Waals surface area contributed by atoms with Gasteiger partial charge in [-0.05, 0) is 12.1 Å². The fourth-order valence-electron chi connectivity index (χ4n) is 1.28. The molecular formula is C14H18O2S. The normalized spacial score (nSPS) is 13.8. The lowest BCUT2D eigenvalue weighted by Crippen LogP contribution is -2.23. The van der Waals surface area contributed by atoms with E-state index in [0.717, 1.165) is 0 Å². The first kappa shape index (κ1) is 13.8. The van der Waals surface area contributed by atoms with Crippen LogP contribution in [0.15, 0.2) is 47.9 Å². The summed E-state index contributed by atoms with van der Waals surface area (Å²) in [6, 6.07) is 10.1. The van der Waals surface area contributed by atoms with Crippen molar-refractivity contribution < 1.29 is 9.53 Å². The maximum absolute atomic E-state index is 11.7. The SMILES string of the molecule is C=CCOC(=O)C(C)C(C)Sc1ccccc1. The molecule has 92 valence electrons. The van der Waals surface area contributed by atoms with Crippen molar-refractivity contribution >= 4 is 17.7 Å². The van der Waals surface area contributed by atoms with E-state index in [0.29, 0.717) is 0 Å². The summed E-state index contributed by atoms with van der Waals surface area (Å²) in [6.45, 7) is 7.74. The molecule has 1 aromatic carbocycles. The Bertz CT molecular complexity index is 362. The second-order valence-electron chi connectivity index (χ2n) is 3.84. The van der Waals surface area contributed by atoms with Crippen LogP contribution in [0.4, 0.5) is 0 Å². The molecular weight excluding hydrogens is 232 g/mol. The van der Waals surface area contributed by atoms with Crippen molar-refractivity contribution in [3.05, 3.63) is 43.0 Å². The number of hydrogen-bond donors (Lipinski definition) is 0. The number of esters is 1. The lowest BCUT2D eigenvalue weighted by molar-refractivity contribution is -0.146. The highest BCUT2D eigenvalue weighted by molar-refractivity contribution is 8.00. The van der Waals surface area contributed by atoms with Crippen LogP contribution >= 0.6 is 11.8 Å². The highest BCUT2D eigenvalue weighted by Crippen LogP contribution is 2.28. The lowest BCUT2D eigenvalue weighted by Gasteiger charge is -2.17. The fraction of sp³-hybridized carbons (Fsp3) is 0.357. The van der Waals surface area contributed by atoms with Gasteiger partial charge in [0.2, 0.25) is 0 Å². The van der Waals surface area contributed by atoms with Crippen LogP contribution in [0.1, 0.15) is 13.8 Å². The van der Waals surface area contributed by atoms with Crippen molar-refractivity contribution in [2.24, 2.45) is 5.92 Å². The van der Waals surface area contributed by atoms with Crippen LogP contribution in [-0.4, -0.2) is 17.8 Å². The molecule has 0 aromatic heterocycles. The van der Waals surface area contributed by atoms with Crippen molar-refractivity contribution in [2.75, 3.05) is 6.61 Å². The van der Waals surface area contributed by atoms with Gasteiger partial charge in [-0.15, -0.1) is 11.8 Å². The highest BCUT2D eigenvalue weighted by atomic mass is 32.2. The maximum atomic E-state index is 11.7. The first-order chi connectivity index (χ1) is 8.15. The first-order valence-corrected chi connectivity index (χ1v) is 6.52. The summed E-state index contributed by atoms with van der Waals surface area (Å²) < 4.78 is 5.04. The third-order valence-electron chi connectivity index (χ3n) is 2.48. The average molecular weight is 250 g/mol. The van der Waals surface area contributed by atoms with E-state index in [1.807, 2.05) is 44.2 Å². The zero-order chi connectivity index (χ0) is 12.7. The molecule has 0 aliphatic heterocycles. The molecule has 0 radical (unpaired) electrons. The Balaban J connectivity index is 2.49. The number of hydrogen-bond acceptors (Lipinski definition) is 3. The van der Waals surface area contributed by atoms with Gasteiger partial charge in [0.1, 0.15) is 6.61 Å². The average Bonchev–Trinajstić information content (AvgIpc) is 2.36. The van der Waals surface area contributed by atoms with Gasteiger partial charge >= 0.3 is 5.97 Å². The first-order valence-electron chi connectivity index (χ1n) is 5.64. The van der Waals surface area contributed by atoms with E-state index in [-0.39, 0.29) is 23.7 Å². The van der Waals surface area contributed by atoms with E-state index in [1.165, 1.54) is 4.90 Å². The highest BCUT2D eigenvalue weighted by Gasteiger charge is 2.22. The third-order valence-corrected chi connectivity index (χ3v) is 3.81. The molecule has 3 heteroatoms. The minimum absolute atomic E-state index is 0.125. The Kier molecular flexibility index (Phi) is 5.84. The van der Waals surface area contributed by atoms with E-state index in [1.54, 1.807) is 17.8 Å². The second kappa shape index (κ2) is 7.17. The van der Waals surface area contributed by atoms with Crippen LogP contribution in [0.5, 0.6) is 0 Å². The molecule has 0 saturated carbocycles. The number of thioether (sulfide) groups is 1. The Hall–Kier alpha value is -1.22. The van der Waals surface area contributed by atoms with Crippen molar-refractivity contribution in [1.82, 2.24) is 0 Å². The fourth-order valence-corrected chi connectivity index (χ4v) is 2.34. The molecule has 0 N–H and O–H groups in total. The van der Waals surface area contributed by atoms with Crippen molar-refractivity contribution in [3.8, 4) is 0 Å². The van der Waals surface area contributed by atoms with Crippen molar-refractivity contribution in [1.29, 1.82) is 0 Å². The second-order valence-corrected chi connectivity index (χ2v) is 5.29. The summed E-state index contributed by atoms with van der Waals surface area (Å²) in [5.74, 6) is -0.291. The number of benzene rings is 1. The third kappa shape index (κ3) is 4.65. The molecule has 0 heterocycles. The molecule has 0 fully saturated rings. The maximum Gasteiger partial charge on any atom is 0.310 e. The molecule has 0 saturated heterocycles. The van der Waals surface area contributed by atoms with Gasteiger partial charge in [0.05, 0.1) is 5.92 Å². The van der Waals surface area contributed by atoms with Crippen LogP contribution < -0.4 is 0 Å². The minimum atomic E-state index is -0.166. The summed E-state index contributed by atoms with van der Waals surface area (Å²) in [5, 5.41) is 0.190. The lowest BCUT2D eigenvalue weighted by atomic mass is 10.1. The molecule has 0 amide bonds. The topological polar surface area (TPSA) is 26.3 Å². The van der Waals surface area contributed by atoms with Crippen LogP contribution in [0.2, 0.25) is 0 Å². The summed E-state index contributed by atoms with van der Waals surface area (Å²) in [5.41, 5.74) is 0. The number of ether oxygens (including phenoxy) is 1. The Labute approximate surface area is 107 Å². The Morgan fingerprint density at radius 2 is 2.06 bits per heavy atom. The Morgan fingerprint density at radius 1 is 1.41 bits per heavy atom. The molecule has 2 atom stereocenters. The number of carbonyl (C=O) groups is 1. The van der Waals surface area contributed by atoms with E-state index in [2.05, 4.69) is 6.58 Å². The standard InChI is InChI=1S/C14H18O2S/c1-4-10-16-14(15)11(2)12(3)17-13-8-6-5-7-9-13/h4-9,11-12H,1,10H2,2-3H3. The smallest absolute Gasteiger partial charge is 0.310 e. The van der Waals surface area contributed by atoms with Crippen molar-refractivity contribution in [3.63, 3.8) is 0 Å². The van der Waals surface area contributed by atoms with E-state index < -0.39 is 0 Å². The van der Waals surface area contributed by atoms with Gasteiger partial charge in [0.25, 0.3) is 0 Å². The van der Waals surface area contributed by atoms with Gasteiger partial charge in [-0.25, -0.2) is 0 Å². The molecule has 0 aliphatic rings. The molecule has 0 bridgehead atoms. The molecule has 17 heavy (non-hydrogen) atoms. The monoisotopic (exact) mass is 250 g/mol. The molecule has 2 nitrogen and oxygen atoms in total.